The smallest absolute Gasteiger partial charge is 0.379 e. The lowest BCUT2D eigenvalue weighted by Crippen LogP contribution is -2.18. The molecule has 0 aliphatic carbocycles. The van der Waals surface area contributed by atoms with Crippen molar-refractivity contribution in [3.05, 3.63) is 34.9 Å². The van der Waals surface area contributed by atoms with Crippen molar-refractivity contribution < 1.29 is 14.3 Å². The molecule has 0 aromatic heterocycles. The van der Waals surface area contributed by atoms with Crippen LogP contribution in [0.5, 0.6) is 0 Å². The summed E-state index contributed by atoms with van der Waals surface area (Å²) in [7, 11) is 0. The second kappa shape index (κ2) is 4.73. The van der Waals surface area contributed by atoms with Crippen molar-refractivity contribution in [3.8, 4) is 0 Å². The first kappa shape index (κ1) is 11.4. The van der Waals surface area contributed by atoms with Crippen LogP contribution in [0.4, 0.5) is 0 Å². The SMILES string of the molecule is CCOC(=O)C(=O)c1cccc(C)c1C. The Bertz CT molecular complexity index is 394. The molecule has 0 amide bonds. The zero-order valence-electron chi connectivity index (χ0n) is 9.16. The van der Waals surface area contributed by atoms with Gasteiger partial charge in [0.05, 0.1) is 6.61 Å². The normalized spacial score (nSPS) is 9.80. The Hall–Kier alpha value is -1.64. The van der Waals surface area contributed by atoms with Crippen molar-refractivity contribution in [1.29, 1.82) is 0 Å². The van der Waals surface area contributed by atoms with Crippen LogP contribution >= 0.6 is 0 Å². The highest BCUT2D eigenvalue weighted by molar-refractivity contribution is 6.41. The van der Waals surface area contributed by atoms with Crippen LogP contribution in [0.15, 0.2) is 18.2 Å². The van der Waals surface area contributed by atoms with Gasteiger partial charge in [-0.3, -0.25) is 4.79 Å². The maximum atomic E-state index is 11.6. The van der Waals surface area contributed by atoms with Gasteiger partial charge in [-0.2, -0.15) is 0 Å². The first-order chi connectivity index (χ1) is 7.07. The molecule has 0 aliphatic rings. The number of Topliss-reactive ketones (excluding diaryl/α,β-unsaturated/α-hetero) is 1. The third-order valence-corrected chi connectivity index (χ3v) is 2.31. The second-order valence-electron chi connectivity index (χ2n) is 3.30. The first-order valence-corrected chi connectivity index (χ1v) is 4.85. The van der Waals surface area contributed by atoms with E-state index in [1.807, 2.05) is 19.9 Å². The number of esters is 1. The predicted octanol–water partition coefficient (Wildman–Crippen LogP) is 2.05. The van der Waals surface area contributed by atoms with Crippen molar-refractivity contribution in [3.63, 3.8) is 0 Å². The van der Waals surface area contributed by atoms with E-state index in [4.69, 9.17) is 0 Å². The van der Waals surface area contributed by atoms with Crippen LogP contribution in [0.2, 0.25) is 0 Å². The summed E-state index contributed by atoms with van der Waals surface area (Å²) in [4.78, 5) is 22.9. The van der Waals surface area contributed by atoms with E-state index in [0.29, 0.717) is 5.56 Å². The lowest BCUT2D eigenvalue weighted by molar-refractivity contribution is -0.137. The largest absolute Gasteiger partial charge is 0.460 e. The minimum Gasteiger partial charge on any atom is -0.460 e. The quantitative estimate of drug-likeness (QED) is 0.432. The average Bonchev–Trinajstić information content (AvgIpc) is 2.21. The van der Waals surface area contributed by atoms with Gasteiger partial charge in [-0.25, -0.2) is 4.79 Å². The van der Waals surface area contributed by atoms with E-state index in [-0.39, 0.29) is 6.61 Å². The number of aryl methyl sites for hydroxylation is 1. The van der Waals surface area contributed by atoms with Crippen molar-refractivity contribution in [2.45, 2.75) is 20.8 Å². The van der Waals surface area contributed by atoms with Gasteiger partial charge >= 0.3 is 5.97 Å². The molecule has 0 unspecified atom stereocenters. The lowest BCUT2D eigenvalue weighted by atomic mass is 10.0. The number of ketones is 1. The number of hydrogen-bond acceptors (Lipinski definition) is 3. The molecule has 0 fully saturated rings. The van der Waals surface area contributed by atoms with Gasteiger partial charge in [0.2, 0.25) is 0 Å². The number of ether oxygens (including phenoxy) is 1. The van der Waals surface area contributed by atoms with Gasteiger partial charge < -0.3 is 4.74 Å². The van der Waals surface area contributed by atoms with Crippen molar-refractivity contribution in [2.75, 3.05) is 6.61 Å². The van der Waals surface area contributed by atoms with Crippen LogP contribution in [0.25, 0.3) is 0 Å². The molecule has 15 heavy (non-hydrogen) atoms. The molecular weight excluding hydrogens is 192 g/mol. The Labute approximate surface area is 89.1 Å². The molecular formula is C12H14O3. The maximum absolute atomic E-state index is 11.6. The molecule has 3 nitrogen and oxygen atoms in total. The van der Waals surface area contributed by atoms with Crippen molar-refractivity contribution in [1.82, 2.24) is 0 Å². The summed E-state index contributed by atoms with van der Waals surface area (Å²) in [5, 5.41) is 0. The van der Waals surface area contributed by atoms with Gasteiger partial charge in [-0.1, -0.05) is 18.2 Å². The molecule has 0 heterocycles. The highest BCUT2D eigenvalue weighted by Gasteiger charge is 2.19. The summed E-state index contributed by atoms with van der Waals surface area (Å²) in [6, 6.07) is 5.30. The summed E-state index contributed by atoms with van der Waals surface area (Å²) in [5.74, 6) is -1.36. The molecule has 0 atom stereocenters. The van der Waals surface area contributed by atoms with Crippen molar-refractivity contribution in [2.24, 2.45) is 0 Å². The van der Waals surface area contributed by atoms with Crippen LogP contribution in [-0.2, 0) is 9.53 Å². The van der Waals surface area contributed by atoms with Crippen LogP contribution in [-0.4, -0.2) is 18.4 Å². The molecule has 0 N–H and O–H groups in total. The van der Waals surface area contributed by atoms with Gasteiger partial charge in [0, 0.05) is 5.56 Å². The van der Waals surface area contributed by atoms with Crippen LogP contribution in [0, 0.1) is 13.8 Å². The summed E-state index contributed by atoms with van der Waals surface area (Å²) in [6.07, 6.45) is 0. The number of benzene rings is 1. The van der Waals surface area contributed by atoms with E-state index in [0.717, 1.165) is 11.1 Å². The second-order valence-corrected chi connectivity index (χ2v) is 3.30. The van der Waals surface area contributed by atoms with Crippen LogP contribution in [0.1, 0.15) is 28.4 Å². The molecule has 0 saturated carbocycles. The maximum Gasteiger partial charge on any atom is 0.379 e. The van der Waals surface area contributed by atoms with E-state index in [1.54, 1.807) is 19.1 Å². The molecule has 3 heteroatoms. The fraction of sp³-hybridized carbons (Fsp3) is 0.333. The molecule has 0 bridgehead atoms. The molecule has 80 valence electrons. The fourth-order valence-electron chi connectivity index (χ4n) is 1.30. The number of hydrogen-bond donors (Lipinski definition) is 0. The first-order valence-electron chi connectivity index (χ1n) is 4.85. The standard InChI is InChI=1S/C12H14O3/c1-4-15-12(14)11(13)10-7-5-6-8(2)9(10)3/h5-7H,4H2,1-3H3. The zero-order valence-corrected chi connectivity index (χ0v) is 9.16. The number of carbonyl (C=O) groups excluding carboxylic acids is 2. The minimum absolute atomic E-state index is 0.218. The molecule has 1 rings (SSSR count). The Kier molecular flexibility index (Phi) is 3.61. The molecule has 1 aromatic rings. The van der Waals surface area contributed by atoms with E-state index in [9.17, 15) is 9.59 Å². The van der Waals surface area contributed by atoms with E-state index in [2.05, 4.69) is 4.74 Å². The molecule has 1 aromatic carbocycles. The summed E-state index contributed by atoms with van der Waals surface area (Å²) < 4.78 is 4.66. The molecule has 0 spiro atoms. The summed E-state index contributed by atoms with van der Waals surface area (Å²) >= 11 is 0. The predicted molar refractivity (Wildman–Crippen MR) is 56.9 cm³/mol. The van der Waals surface area contributed by atoms with Gasteiger partial charge in [-0.05, 0) is 31.9 Å². The fourth-order valence-corrected chi connectivity index (χ4v) is 1.30. The van der Waals surface area contributed by atoms with Gasteiger partial charge in [-0.15, -0.1) is 0 Å². The summed E-state index contributed by atoms with van der Waals surface area (Å²) in [6.45, 7) is 5.61. The lowest BCUT2D eigenvalue weighted by Gasteiger charge is -2.06. The highest BCUT2D eigenvalue weighted by atomic mass is 16.5. The van der Waals surface area contributed by atoms with Gasteiger partial charge in [0.15, 0.2) is 0 Å². The van der Waals surface area contributed by atoms with Crippen LogP contribution in [0.3, 0.4) is 0 Å². The molecule has 0 radical (unpaired) electrons. The Morgan fingerprint density at radius 1 is 1.27 bits per heavy atom. The topological polar surface area (TPSA) is 43.4 Å². The molecule has 0 saturated heterocycles. The third-order valence-electron chi connectivity index (χ3n) is 2.31. The minimum atomic E-state index is -0.786. The van der Waals surface area contributed by atoms with Crippen molar-refractivity contribution >= 4 is 11.8 Å². The summed E-state index contributed by atoms with van der Waals surface area (Å²) in [5.41, 5.74) is 2.24. The van der Waals surface area contributed by atoms with Gasteiger partial charge in [0.1, 0.15) is 0 Å². The average molecular weight is 206 g/mol. The van der Waals surface area contributed by atoms with Gasteiger partial charge in [0.25, 0.3) is 5.78 Å². The van der Waals surface area contributed by atoms with E-state index in [1.165, 1.54) is 0 Å². The molecule has 0 aliphatic heterocycles. The highest BCUT2D eigenvalue weighted by Crippen LogP contribution is 2.13. The Morgan fingerprint density at radius 2 is 1.93 bits per heavy atom. The monoisotopic (exact) mass is 206 g/mol. The van der Waals surface area contributed by atoms with E-state index >= 15 is 0 Å². The van der Waals surface area contributed by atoms with Crippen LogP contribution < -0.4 is 0 Å². The van der Waals surface area contributed by atoms with E-state index < -0.39 is 11.8 Å². The number of rotatable bonds is 3. The Morgan fingerprint density at radius 3 is 2.53 bits per heavy atom. The number of carbonyl (C=O) groups is 2. The zero-order chi connectivity index (χ0) is 11.4. The Balaban J connectivity index is 3.01. The third kappa shape index (κ3) is 2.43.